The lowest BCUT2D eigenvalue weighted by atomic mass is 9.79. The number of ether oxygens (including phenoxy) is 1. The Kier molecular flexibility index (Phi) is 6.84. The van der Waals surface area contributed by atoms with E-state index >= 15 is 4.39 Å². The van der Waals surface area contributed by atoms with Gasteiger partial charge in [-0.1, -0.05) is 44.2 Å². The van der Waals surface area contributed by atoms with Crippen molar-refractivity contribution in [1.29, 1.82) is 0 Å². The van der Waals surface area contributed by atoms with Gasteiger partial charge in [-0.25, -0.2) is 13.4 Å². The van der Waals surface area contributed by atoms with Crippen molar-refractivity contribution >= 4 is 21.8 Å². The van der Waals surface area contributed by atoms with Crippen LogP contribution in [0.1, 0.15) is 37.0 Å². The molecule has 1 atom stereocenters. The van der Waals surface area contributed by atoms with Gasteiger partial charge in [0.05, 0.1) is 5.60 Å². The fourth-order valence-corrected chi connectivity index (χ4v) is 5.53. The molecule has 10 heteroatoms. The van der Waals surface area contributed by atoms with Gasteiger partial charge in [-0.05, 0) is 48.1 Å². The Hall–Kier alpha value is -2.69. The Morgan fingerprint density at radius 2 is 2.03 bits per heavy atom. The van der Waals surface area contributed by atoms with E-state index in [0.29, 0.717) is 35.2 Å². The number of halogens is 1. The summed E-state index contributed by atoms with van der Waals surface area (Å²) in [4.78, 5) is 11.9. The predicted molar refractivity (Wildman–Crippen MR) is 126 cm³/mol. The minimum atomic E-state index is -4.26. The predicted octanol–water partition coefficient (Wildman–Crippen LogP) is 2.05. The first kappa shape index (κ1) is 24.4. The number of hydrogen-bond acceptors (Lipinski definition) is 6. The molecule has 1 unspecified atom stereocenters. The number of nitrogens with one attached hydrogen (secondary N) is 2. The summed E-state index contributed by atoms with van der Waals surface area (Å²) in [6, 6.07) is 10.9. The smallest absolute Gasteiger partial charge is 0.326 e. The maximum atomic E-state index is 16.0. The normalized spacial score (nSPS) is 21.4. The fourth-order valence-electron chi connectivity index (χ4n) is 4.37. The second-order valence-corrected chi connectivity index (χ2v) is 11.0. The van der Waals surface area contributed by atoms with E-state index in [1.54, 1.807) is 6.07 Å². The number of fused-ring (bicyclic) bond motifs is 1. The van der Waals surface area contributed by atoms with E-state index in [1.807, 2.05) is 35.1 Å². The SMILES string of the molecule is CC(C)CNCC1(O)CCc2cc(OCc3ccccc3)c(N3CC(=O)NS3(=O)=O)c(F)c2C1. The summed E-state index contributed by atoms with van der Waals surface area (Å²) >= 11 is 0. The number of nitrogens with zero attached hydrogens (tertiary/aromatic N) is 1. The number of amides is 1. The largest absolute Gasteiger partial charge is 0.487 e. The van der Waals surface area contributed by atoms with Crippen LogP contribution in [0.3, 0.4) is 0 Å². The van der Waals surface area contributed by atoms with E-state index in [4.69, 9.17) is 4.74 Å². The molecule has 34 heavy (non-hydrogen) atoms. The summed E-state index contributed by atoms with van der Waals surface area (Å²) in [5.74, 6) is -1.09. The molecule has 0 saturated carbocycles. The first-order chi connectivity index (χ1) is 16.1. The molecule has 2 aromatic rings. The maximum Gasteiger partial charge on any atom is 0.326 e. The average Bonchev–Trinajstić information content (AvgIpc) is 3.04. The highest BCUT2D eigenvalue weighted by molar-refractivity contribution is 7.92. The summed E-state index contributed by atoms with van der Waals surface area (Å²) in [7, 11) is -4.26. The van der Waals surface area contributed by atoms with Crippen molar-refractivity contribution in [3.63, 3.8) is 0 Å². The summed E-state index contributed by atoms with van der Waals surface area (Å²) in [6.45, 7) is 4.69. The first-order valence-electron chi connectivity index (χ1n) is 11.4. The van der Waals surface area contributed by atoms with Crippen LogP contribution in [0.5, 0.6) is 5.75 Å². The van der Waals surface area contributed by atoms with Crippen molar-refractivity contribution in [3.05, 3.63) is 58.9 Å². The molecule has 0 radical (unpaired) electrons. The number of carbonyl (C=O) groups is 1. The summed E-state index contributed by atoms with van der Waals surface area (Å²) < 4.78 is 49.6. The van der Waals surface area contributed by atoms with Crippen molar-refractivity contribution in [3.8, 4) is 5.75 Å². The number of anilines is 1. The standard InChI is InChI=1S/C24H30FN3O5S/c1-16(2)12-26-15-24(30)9-8-18-10-20(33-14-17-6-4-3-5-7-17)23(22(25)19(18)11-24)28-13-21(29)27-34(28,31)32/h3-7,10,16,26,30H,8-9,11-15H2,1-2H3,(H,27,29). The number of benzene rings is 2. The lowest BCUT2D eigenvalue weighted by Gasteiger charge is -2.35. The average molecular weight is 492 g/mol. The molecule has 2 aromatic carbocycles. The zero-order valence-corrected chi connectivity index (χ0v) is 20.1. The van der Waals surface area contributed by atoms with Crippen molar-refractivity contribution in [1.82, 2.24) is 10.0 Å². The van der Waals surface area contributed by atoms with Crippen LogP contribution in [0, 0.1) is 11.7 Å². The van der Waals surface area contributed by atoms with E-state index in [0.717, 1.165) is 12.1 Å². The molecule has 0 aromatic heterocycles. The Labute approximate surface area is 199 Å². The Bertz CT molecular complexity index is 1170. The van der Waals surface area contributed by atoms with Gasteiger partial charge in [-0.15, -0.1) is 0 Å². The Morgan fingerprint density at radius 3 is 2.68 bits per heavy atom. The monoisotopic (exact) mass is 491 g/mol. The van der Waals surface area contributed by atoms with Gasteiger partial charge >= 0.3 is 10.2 Å². The van der Waals surface area contributed by atoms with E-state index in [-0.39, 0.29) is 30.0 Å². The van der Waals surface area contributed by atoms with Crippen LogP contribution in [0.15, 0.2) is 36.4 Å². The second-order valence-electron chi connectivity index (χ2n) is 9.41. The molecule has 184 valence electrons. The number of hydrogen-bond donors (Lipinski definition) is 3. The van der Waals surface area contributed by atoms with Gasteiger partial charge in [-0.3, -0.25) is 4.79 Å². The molecule has 1 aliphatic heterocycles. The third kappa shape index (κ3) is 5.18. The van der Waals surface area contributed by atoms with Crippen LogP contribution in [-0.2, 0) is 34.5 Å². The van der Waals surface area contributed by atoms with Crippen molar-refractivity contribution in [2.45, 2.75) is 45.3 Å². The highest BCUT2D eigenvalue weighted by Gasteiger charge is 2.41. The molecular weight excluding hydrogens is 461 g/mol. The lowest BCUT2D eigenvalue weighted by Crippen LogP contribution is -2.46. The molecule has 8 nitrogen and oxygen atoms in total. The second kappa shape index (κ2) is 9.52. The topological polar surface area (TPSA) is 108 Å². The quantitative estimate of drug-likeness (QED) is 0.522. The van der Waals surface area contributed by atoms with Crippen LogP contribution in [0.25, 0.3) is 0 Å². The van der Waals surface area contributed by atoms with Gasteiger partial charge in [0.25, 0.3) is 5.91 Å². The number of carbonyl (C=O) groups excluding carboxylic acids is 1. The van der Waals surface area contributed by atoms with Gasteiger partial charge < -0.3 is 15.2 Å². The van der Waals surface area contributed by atoms with Gasteiger partial charge in [0.1, 0.15) is 24.6 Å². The minimum absolute atomic E-state index is 0.0283. The molecule has 1 aliphatic carbocycles. The van der Waals surface area contributed by atoms with Crippen molar-refractivity contribution in [2.75, 3.05) is 23.9 Å². The van der Waals surface area contributed by atoms with Crippen LogP contribution >= 0.6 is 0 Å². The van der Waals surface area contributed by atoms with Gasteiger partial charge in [0, 0.05) is 13.0 Å². The molecule has 1 amide bonds. The Morgan fingerprint density at radius 1 is 1.29 bits per heavy atom. The van der Waals surface area contributed by atoms with Crippen molar-refractivity contribution < 1.29 is 27.4 Å². The Balaban J connectivity index is 1.70. The molecule has 1 saturated heterocycles. The molecule has 2 aliphatic rings. The van der Waals surface area contributed by atoms with E-state index in [2.05, 4.69) is 19.2 Å². The summed E-state index contributed by atoms with van der Waals surface area (Å²) in [5.41, 5.74) is 0.262. The van der Waals surface area contributed by atoms with Crippen LogP contribution in [-0.4, -0.2) is 44.7 Å². The number of aryl methyl sites for hydroxylation is 1. The van der Waals surface area contributed by atoms with Gasteiger partial charge in [-0.2, -0.15) is 8.42 Å². The third-order valence-corrected chi connectivity index (χ3v) is 7.46. The summed E-state index contributed by atoms with van der Waals surface area (Å²) in [5, 5.41) is 14.3. The molecule has 3 N–H and O–H groups in total. The zero-order chi connectivity index (χ0) is 24.5. The van der Waals surface area contributed by atoms with E-state index in [1.165, 1.54) is 0 Å². The van der Waals surface area contributed by atoms with Crippen LogP contribution in [0.2, 0.25) is 0 Å². The van der Waals surface area contributed by atoms with E-state index in [9.17, 15) is 18.3 Å². The zero-order valence-electron chi connectivity index (χ0n) is 19.3. The number of aliphatic hydroxyl groups is 1. The maximum absolute atomic E-state index is 16.0. The molecule has 0 bridgehead atoms. The highest BCUT2D eigenvalue weighted by Crippen LogP contribution is 2.42. The first-order valence-corrected chi connectivity index (χ1v) is 12.8. The molecule has 1 fully saturated rings. The molecule has 0 spiro atoms. The minimum Gasteiger partial charge on any atom is -0.487 e. The van der Waals surface area contributed by atoms with Gasteiger partial charge in [0.2, 0.25) is 0 Å². The molecule has 4 rings (SSSR count). The third-order valence-electron chi connectivity index (χ3n) is 6.08. The van der Waals surface area contributed by atoms with Crippen LogP contribution in [0.4, 0.5) is 10.1 Å². The fraction of sp³-hybridized carbons (Fsp3) is 0.458. The van der Waals surface area contributed by atoms with E-state index < -0.39 is 34.1 Å². The van der Waals surface area contributed by atoms with Crippen molar-refractivity contribution in [2.24, 2.45) is 5.92 Å². The van der Waals surface area contributed by atoms with Crippen LogP contribution < -0.4 is 19.1 Å². The molecular formula is C24H30FN3O5S. The lowest BCUT2D eigenvalue weighted by molar-refractivity contribution is -0.117. The number of rotatable bonds is 8. The highest BCUT2D eigenvalue weighted by atomic mass is 32.2. The molecule has 1 heterocycles. The summed E-state index contributed by atoms with van der Waals surface area (Å²) in [6.07, 6.45) is 0.878. The van der Waals surface area contributed by atoms with Gasteiger partial charge in [0.15, 0.2) is 5.82 Å².